The molecule has 2 nitrogen and oxygen atoms in total. The van der Waals surface area contributed by atoms with Gasteiger partial charge in [0.05, 0.1) is 6.61 Å². The summed E-state index contributed by atoms with van der Waals surface area (Å²) in [6.07, 6.45) is 4.91. The molecule has 0 aliphatic rings. The van der Waals surface area contributed by atoms with E-state index in [0.29, 0.717) is 12.4 Å². The van der Waals surface area contributed by atoms with Gasteiger partial charge in [-0.1, -0.05) is 60.2 Å². The fourth-order valence-electron chi connectivity index (χ4n) is 2.40. The number of benzene rings is 2. The molecular weight excluding hydrogens is 284 g/mol. The molecule has 0 spiro atoms. The first kappa shape index (κ1) is 17.0. The maximum atomic E-state index is 10.3. The van der Waals surface area contributed by atoms with Crippen molar-refractivity contribution in [1.82, 2.24) is 0 Å². The van der Waals surface area contributed by atoms with Crippen LogP contribution < -0.4 is 0 Å². The molecule has 1 N–H and O–H groups in total. The first-order chi connectivity index (χ1) is 11.1. The minimum atomic E-state index is 0.333. The van der Waals surface area contributed by atoms with E-state index in [-0.39, 0.29) is 0 Å². The number of ether oxygens (including phenoxy) is 1. The molecule has 0 aliphatic carbocycles. The molecule has 0 saturated carbocycles. The second-order valence-electron chi connectivity index (χ2n) is 5.77. The molecule has 0 bridgehead atoms. The van der Waals surface area contributed by atoms with Gasteiger partial charge >= 0.3 is 0 Å². The Morgan fingerprint density at radius 2 is 1.74 bits per heavy atom. The first-order valence-electron chi connectivity index (χ1n) is 7.82. The molecule has 0 radical (unpaired) electrons. The standard InChI is InChI=1S/C21H24O2/c1-16(2)9-10-18-11-12-19(15-21(18)22)20(13-14-23-3)17-7-5-4-6-8-17/h4-9,11-13,15,22H,10,14H2,1-3H3/b20-13+. The van der Waals surface area contributed by atoms with Crippen LogP contribution in [0.1, 0.15) is 30.5 Å². The van der Waals surface area contributed by atoms with Crippen molar-refractivity contribution in [1.29, 1.82) is 0 Å². The lowest BCUT2D eigenvalue weighted by Gasteiger charge is -2.11. The average molecular weight is 308 g/mol. The van der Waals surface area contributed by atoms with Gasteiger partial charge in [-0.25, -0.2) is 0 Å². The molecule has 0 heterocycles. The second-order valence-corrected chi connectivity index (χ2v) is 5.77. The van der Waals surface area contributed by atoms with Crippen molar-refractivity contribution in [3.8, 4) is 5.75 Å². The Hall–Kier alpha value is -2.32. The largest absolute Gasteiger partial charge is 0.508 e. The zero-order valence-electron chi connectivity index (χ0n) is 14.0. The van der Waals surface area contributed by atoms with Crippen molar-refractivity contribution >= 4 is 5.57 Å². The predicted octanol–water partition coefficient (Wildman–Crippen LogP) is 4.98. The number of hydrogen-bond acceptors (Lipinski definition) is 2. The van der Waals surface area contributed by atoms with E-state index >= 15 is 0 Å². The molecule has 2 rings (SSSR count). The number of hydrogen-bond donors (Lipinski definition) is 1. The number of aromatic hydroxyl groups is 1. The third-order valence-corrected chi connectivity index (χ3v) is 3.67. The van der Waals surface area contributed by atoms with Crippen molar-refractivity contribution in [2.45, 2.75) is 20.3 Å². The Bertz CT molecular complexity index is 693. The molecule has 0 aliphatic heterocycles. The van der Waals surface area contributed by atoms with Crippen LogP contribution in [0.4, 0.5) is 0 Å². The van der Waals surface area contributed by atoms with E-state index in [2.05, 4.69) is 38.1 Å². The summed E-state index contributed by atoms with van der Waals surface area (Å²) in [5.41, 5.74) is 5.36. The Balaban J connectivity index is 2.37. The van der Waals surface area contributed by atoms with Crippen molar-refractivity contribution in [3.63, 3.8) is 0 Å². The minimum Gasteiger partial charge on any atom is -0.508 e. The third-order valence-electron chi connectivity index (χ3n) is 3.67. The summed E-state index contributed by atoms with van der Waals surface area (Å²) in [7, 11) is 1.68. The van der Waals surface area contributed by atoms with Gasteiger partial charge in [0.2, 0.25) is 0 Å². The highest BCUT2D eigenvalue weighted by atomic mass is 16.5. The Morgan fingerprint density at radius 3 is 2.35 bits per heavy atom. The van der Waals surface area contributed by atoms with Crippen LogP contribution in [0.3, 0.4) is 0 Å². The average Bonchev–Trinajstić information content (AvgIpc) is 2.55. The van der Waals surface area contributed by atoms with E-state index in [4.69, 9.17) is 4.74 Å². The van der Waals surface area contributed by atoms with Crippen molar-refractivity contribution < 1.29 is 9.84 Å². The lowest BCUT2D eigenvalue weighted by atomic mass is 9.95. The summed E-state index contributed by atoms with van der Waals surface area (Å²) in [6, 6.07) is 16.0. The molecule has 0 fully saturated rings. The third kappa shape index (κ3) is 4.83. The molecule has 0 unspecified atom stereocenters. The molecule has 0 atom stereocenters. The fraction of sp³-hybridized carbons (Fsp3) is 0.238. The first-order valence-corrected chi connectivity index (χ1v) is 7.82. The molecule has 2 heteroatoms. The second kappa shape index (κ2) is 8.35. The molecule has 0 saturated heterocycles. The van der Waals surface area contributed by atoms with Crippen molar-refractivity contribution in [2.75, 3.05) is 13.7 Å². The molecule has 120 valence electrons. The molecule has 23 heavy (non-hydrogen) atoms. The molecular formula is C21H24O2. The highest BCUT2D eigenvalue weighted by molar-refractivity contribution is 5.80. The van der Waals surface area contributed by atoms with Gasteiger partial charge in [0.25, 0.3) is 0 Å². The lowest BCUT2D eigenvalue weighted by molar-refractivity contribution is 0.234. The maximum absolute atomic E-state index is 10.3. The zero-order chi connectivity index (χ0) is 16.7. The summed E-state index contributed by atoms with van der Waals surface area (Å²) in [5, 5.41) is 10.3. The van der Waals surface area contributed by atoms with Crippen molar-refractivity contribution in [3.05, 3.63) is 82.9 Å². The Morgan fingerprint density at radius 1 is 1.00 bits per heavy atom. The maximum Gasteiger partial charge on any atom is 0.119 e. The van der Waals surface area contributed by atoms with Crippen LogP contribution in [0.5, 0.6) is 5.75 Å². The summed E-state index contributed by atoms with van der Waals surface area (Å²) < 4.78 is 5.19. The minimum absolute atomic E-state index is 0.333. The van der Waals surface area contributed by atoms with Crippen LogP contribution in [-0.2, 0) is 11.2 Å². The van der Waals surface area contributed by atoms with E-state index in [1.54, 1.807) is 7.11 Å². The summed E-state index contributed by atoms with van der Waals surface area (Å²) in [6.45, 7) is 4.66. The van der Waals surface area contributed by atoms with E-state index < -0.39 is 0 Å². The summed E-state index contributed by atoms with van der Waals surface area (Å²) >= 11 is 0. The molecule has 2 aromatic carbocycles. The van der Waals surface area contributed by atoms with Gasteiger partial charge in [0.1, 0.15) is 5.75 Å². The van der Waals surface area contributed by atoms with Gasteiger partial charge in [0, 0.05) is 7.11 Å². The molecule has 2 aromatic rings. The quantitative estimate of drug-likeness (QED) is 0.763. The van der Waals surface area contributed by atoms with E-state index in [1.165, 1.54) is 5.57 Å². The number of phenols is 1. The molecule has 0 aromatic heterocycles. The number of rotatable bonds is 6. The van der Waals surface area contributed by atoms with Crippen LogP contribution >= 0.6 is 0 Å². The summed E-state index contributed by atoms with van der Waals surface area (Å²) in [5.74, 6) is 0.333. The van der Waals surface area contributed by atoms with Crippen LogP contribution in [0, 0.1) is 0 Å². The normalized spacial score (nSPS) is 11.3. The lowest BCUT2D eigenvalue weighted by Crippen LogP contribution is -1.93. The number of allylic oxidation sites excluding steroid dienone is 2. The van der Waals surface area contributed by atoms with Gasteiger partial charge in [-0.2, -0.15) is 0 Å². The molecule has 0 amide bonds. The van der Waals surface area contributed by atoms with Gasteiger partial charge in [0.15, 0.2) is 0 Å². The Kier molecular flexibility index (Phi) is 6.19. The van der Waals surface area contributed by atoms with Gasteiger partial charge in [-0.3, -0.25) is 0 Å². The SMILES string of the molecule is COC/C=C(\c1ccccc1)c1ccc(CC=C(C)C)c(O)c1. The van der Waals surface area contributed by atoms with E-state index in [9.17, 15) is 5.11 Å². The number of phenolic OH excluding ortho intramolecular Hbond substituents is 1. The zero-order valence-corrected chi connectivity index (χ0v) is 14.0. The monoisotopic (exact) mass is 308 g/mol. The van der Waals surface area contributed by atoms with Gasteiger partial charge in [-0.15, -0.1) is 0 Å². The number of methoxy groups -OCH3 is 1. The predicted molar refractivity (Wildman–Crippen MR) is 96.6 cm³/mol. The highest BCUT2D eigenvalue weighted by Crippen LogP contribution is 2.28. The van der Waals surface area contributed by atoms with E-state index in [0.717, 1.165) is 28.7 Å². The van der Waals surface area contributed by atoms with Gasteiger partial charge < -0.3 is 9.84 Å². The van der Waals surface area contributed by atoms with Gasteiger partial charge in [-0.05, 0) is 48.6 Å². The van der Waals surface area contributed by atoms with Crippen LogP contribution in [0.25, 0.3) is 5.57 Å². The van der Waals surface area contributed by atoms with Crippen molar-refractivity contribution in [2.24, 2.45) is 0 Å². The fourth-order valence-corrected chi connectivity index (χ4v) is 2.40. The van der Waals surface area contributed by atoms with Crippen LogP contribution in [0.2, 0.25) is 0 Å². The smallest absolute Gasteiger partial charge is 0.119 e. The van der Waals surface area contributed by atoms with Crippen LogP contribution in [0.15, 0.2) is 66.3 Å². The Labute approximate surface area is 138 Å². The highest BCUT2D eigenvalue weighted by Gasteiger charge is 2.08. The van der Waals surface area contributed by atoms with Crippen LogP contribution in [-0.4, -0.2) is 18.8 Å². The topological polar surface area (TPSA) is 29.5 Å². The van der Waals surface area contributed by atoms with E-state index in [1.807, 2.05) is 36.4 Å². The summed E-state index contributed by atoms with van der Waals surface area (Å²) in [4.78, 5) is 0.